The van der Waals surface area contributed by atoms with Gasteiger partial charge in [-0.1, -0.05) is 36.4 Å². The molecule has 4 nitrogen and oxygen atoms in total. The van der Waals surface area contributed by atoms with E-state index in [0.29, 0.717) is 0 Å². The molecule has 0 saturated carbocycles. The molecule has 1 N–H and O–H groups in total. The van der Waals surface area contributed by atoms with Crippen molar-refractivity contribution in [3.05, 3.63) is 66.6 Å². The molecule has 20 heavy (non-hydrogen) atoms. The van der Waals surface area contributed by atoms with Gasteiger partial charge in [0.15, 0.2) is 5.82 Å². The largest absolute Gasteiger partial charge is 0.389 e. The lowest BCUT2D eigenvalue weighted by Gasteiger charge is -2.05. The minimum absolute atomic E-state index is 0.506. The van der Waals surface area contributed by atoms with Crippen LogP contribution in [0.3, 0.4) is 0 Å². The molecule has 1 aromatic carbocycles. The van der Waals surface area contributed by atoms with Crippen molar-refractivity contribution in [3.63, 3.8) is 0 Å². The third-order valence-electron chi connectivity index (χ3n) is 3.18. The number of aliphatic hydroxyl groups is 1. The summed E-state index contributed by atoms with van der Waals surface area (Å²) < 4.78 is 1.73. The van der Waals surface area contributed by atoms with Crippen LogP contribution in [0.15, 0.2) is 61.1 Å². The normalized spacial score (nSPS) is 12.3. The molecule has 0 unspecified atom stereocenters. The number of rotatable bonds is 3. The molecule has 0 spiro atoms. The number of hydrogen-bond acceptors (Lipinski definition) is 3. The summed E-state index contributed by atoms with van der Waals surface area (Å²) in [5.41, 5.74) is 2.97. The summed E-state index contributed by atoms with van der Waals surface area (Å²) in [5.74, 6) is 0.733. The van der Waals surface area contributed by atoms with E-state index in [1.807, 2.05) is 54.9 Å². The highest BCUT2D eigenvalue weighted by Crippen LogP contribution is 2.19. The highest BCUT2D eigenvalue weighted by molar-refractivity contribution is 5.61. The van der Waals surface area contributed by atoms with Gasteiger partial charge in [-0.25, -0.2) is 9.67 Å². The molecule has 0 fully saturated rings. The molecular weight excluding hydrogens is 250 g/mol. The van der Waals surface area contributed by atoms with Gasteiger partial charge >= 0.3 is 0 Å². The minimum Gasteiger partial charge on any atom is -0.389 e. The number of aliphatic hydroxyl groups excluding tert-OH is 1. The van der Waals surface area contributed by atoms with Crippen LogP contribution in [0.4, 0.5) is 0 Å². The fourth-order valence-electron chi connectivity index (χ4n) is 2.01. The number of pyridine rings is 1. The van der Waals surface area contributed by atoms with E-state index < -0.39 is 6.10 Å². The molecule has 0 aliphatic heterocycles. The summed E-state index contributed by atoms with van der Waals surface area (Å²) in [7, 11) is 0. The lowest BCUT2D eigenvalue weighted by atomic mass is 10.1. The molecule has 1 atom stereocenters. The van der Waals surface area contributed by atoms with Crippen LogP contribution in [0.25, 0.3) is 16.9 Å². The first-order valence-electron chi connectivity index (χ1n) is 6.48. The molecule has 2 heterocycles. The predicted molar refractivity (Wildman–Crippen MR) is 77.4 cm³/mol. The topological polar surface area (TPSA) is 50.9 Å². The highest BCUT2D eigenvalue weighted by Gasteiger charge is 2.05. The maximum Gasteiger partial charge on any atom is 0.153 e. The second-order valence-corrected chi connectivity index (χ2v) is 4.67. The minimum atomic E-state index is -0.506. The van der Waals surface area contributed by atoms with Crippen molar-refractivity contribution >= 4 is 0 Å². The van der Waals surface area contributed by atoms with Gasteiger partial charge in [-0.05, 0) is 24.1 Å². The second-order valence-electron chi connectivity index (χ2n) is 4.67. The molecule has 3 aromatic rings. The first-order valence-corrected chi connectivity index (χ1v) is 6.48. The zero-order valence-electron chi connectivity index (χ0n) is 11.1. The van der Waals surface area contributed by atoms with Crippen LogP contribution in [-0.2, 0) is 0 Å². The molecule has 0 aliphatic carbocycles. The third-order valence-corrected chi connectivity index (χ3v) is 3.18. The Bertz CT molecular complexity index is 687. The monoisotopic (exact) mass is 265 g/mol. The van der Waals surface area contributed by atoms with E-state index in [-0.39, 0.29) is 0 Å². The van der Waals surface area contributed by atoms with Gasteiger partial charge in [-0.15, -0.1) is 0 Å². The molecule has 4 heteroatoms. The Morgan fingerprint density at radius 3 is 2.45 bits per heavy atom. The fraction of sp³-hybridized carbons (Fsp3) is 0.125. The van der Waals surface area contributed by atoms with Crippen molar-refractivity contribution in [2.24, 2.45) is 0 Å². The van der Waals surface area contributed by atoms with E-state index in [1.54, 1.807) is 17.8 Å². The van der Waals surface area contributed by atoms with Crippen LogP contribution in [0.2, 0.25) is 0 Å². The third kappa shape index (κ3) is 2.46. The molecule has 0 saturated heterocycles. The van der Waals surface area contributed by atoms with Crippen LogP contribution >= 0.6 is 0 Å². The maximum atomic E-state index is 9.48. The Kier molecular flexibility index (Phi) is 3.31. The summed E-state index contributed by atoms with van der Waals surface area (Å²) in [6.07, 6.45) is 4.93. The average molecular weight is 265 g/mol. The number of aromatic nitrogens is 3. The van der Waals surface area contributed by atoms with Crippen LogP contribution in [0.5, 0.6) is 0 Å². The van der Waals surface area contributed by atoms with E-state index >= 15 is 0 Å². The van der Waals surface area contributed by atoms with Crippen molar-refractivity contribution < 1.29 is 5.11 Å². The van der Waals surface area contributed by atoms with Crippen molar-refractivity contribution in [2.75, 3.05) is 0 Å². The first-order chi connectivity index (χ1) is 9.74. The zero-order valence-corrected chi connectivity index (χ0v) is 11.1. The van der Waals surface area contributed by atoms with Gasteiger partial charge in [0.1, 0.15) is 0 Å². The molecular formula is C16H15N3O. The Morgan fingerprint density at radius 2 is 1.80 bits per heavy atom. The van der Waals surface area contributed by atoms with Crippen molar-refractivity contribution in [1.82, 2.24) is 14.8 Å². The van der Waals surface area contributed by atoms with Crippen molar-refractivity contribution in [1.29, 1.82) is 0 Å². The number of nitrogens with zero attached hydrogens (tertiary/aromatic N) is 3. The molecule has 100 valence electrons. The van der Waals surface area contributed by atoms with Crippen LogP contribution in [-0.4, -0.2) is 19.9 Å². The van der Waals surface area contributed by atoms with Crippen LogP contribution < -0.4 is 0 Å². The fourth-order valence-corrected chi connectivity index (χ4v) is 2.01. The Morgan fingerprint density at radius 1 is 1.00 bits per heavy atom. The Balaban J connectivity index is 1.90. The summed E-state index contributed by atoms with van der Waals surface area (Å²) >= 11 is 0. The average Bonchev–Trinajstić information content (AvgIpc) is 2.98. The first kappa shape index (κ1) is 12.6. The Labute approximate surface area is 117 Å². The van der Waals surface area contributed by atoms with E-state index in [0.717, 1.165) is 22.5 Å². The zero-order chi connectivity index (χ0) is 13.9. The summed E-state index contributed by atoms with van der Waals surface area (Å²) in [5, 5.41) is 13.8. The summed E-state index contributed by atoms with van der Waals surface area (Å²) in [6.45, 7) is 1.72. The van der Waals surface area contributed by atoms with Gasteiger partial charge in [-0.3, -0.25) is 0 Å². The van der Waals surface area contributed by atoms with Gasteiger partial charge in [0.25, 0.3) is 0 Å². The molecule has 3 rings (SSSR count). The second kappa shape index (κ2) is 5.27. The van der Waals surface area contributed by atoms with E-state index in [9.17, 15) is 5.11 Å². The quantitative estimate of drug-likeness (QED) is 0.792. The van der Waals surface area contributed by atoms with E-state index in [1.165, 1.54) is 0 Å². The van der Waals surface area contributed by atoms with Crippen molar-refractivity contribution in [2.45, 2.75) is 13.0 Å². The van der Waals surface area contributed by atoms with E-state index in [2.05, 4.69) is 10.1 Å². The van der Waals surface area contributed by atoms with Gasteiger partial charge in [0.2, 0.25) is 0 Å². The van der Waals surface area contributed by atoms with Gasteiger partial charge in [0, 0.05) is 18.0 Å². The maximum absolute atomic E-state index is 9.48. The SMILES string of the molecule is C[C@H](O)c1ccc(-n2cc(-c3ccccc3)cn2)nc1. The smallest absolute Gasteiger partial charge is 0.153 e. The lowest BCUT2D eigenvalue weighted by Crippen LogP contribution is -1.99. The lowest BCUT2D eigenvalue weighted by molar-refractivity contribution is 0.199. The summed E-state index contributed by atoms with van der Waals surface area (Å²) in [6, 6.07) is 13.8. The molecule has 0 radical (unpaired) electrons. The molecule has 0 aliphatic rings. The molecule has 0 bridgehead atoms. The molecule has 2 aromatic heterocycles. The van der Waals surface area contributed by atoms with Crippen LogP contribution in [0, 0.1) is 0 Å². The van der Waals surface area contributed by atoms with E-state index in [4.69, 9.17) is 0 Å². The Hall–Kier alpha value is -2.46. The van der Waals surface area contributed by atoms with Gasteiger partial charge in [0.05, 0.1) is 12.3 Å². The van der Waals surface area contributed by atoms with Crippen molar-refractivity contribution in [3.8, 4) is 16.9 Å². The highest BCUT2D eigenvalue weighted by atomic mass is 16.3. The van der Waals surface area contributed by atoms with Gasteiger partial charge in [-0.2, -0.15) is 5.10 Å². The number of hydrogen-bond donors (Lipinski definition) is 1. The predicted octanol–water partition coefficient (Wildman–Crippen LogP) is 2.99. The standard InChI is InChI=1S/C16H15N3O/c1-12(20)14-7-8-16(17-9-14)19-11-15(10-18-19)13-5-3-2-4-6-13/h2-12,20H,1H3/t12-/m0/s1. The number of benzene rings is 1. The summed E-state index contributed by atoms with van der Waals surface area (Å²) in [4.78, 5) is 4.32. The van der Waals surface area contributed by atoms with Gasteiger partial charge < -0.3 is 5.11 Å². The van der Waals surface area contributed by atoms with Crippen LogP contribution in [0.1, 0.15) is 18.6 Å². The molecule has 0 amide bonds.